The van der Waals surface area contributed by atoms with E-state index in [0.29, 0.717) is 5.82 Å². The minimum Gasteiger partial charge on any atom is -0.212 e. The van der Waals surface area contributed by atoms with Crippen molar-refractivity contribution in [2.75, 3.05) is 0 Å². The summed E-state index contributed by atoms with van der Waals surface area (Å²) < 4.78 is 2.00. The lowest BCUT2D eigenvalue weighted by Gasteiger charge is -2.10. The molecule has 0 unspecified atom stereocenters. The minimum atomic E-state index is 0.691. The van der Waals surface area contributed by atoms with Crippen LogP contribution in [0.3, 0.4) is 0 Å². The zero-order chi connectivity index (χ0) is 31.2. The number of nitrogens with zero attached hydrogens (tertiary/aromatic N) is 3. The number of fused-ring (bicyclic) bond motifs is 3. The largest absolute Gasteiger partial charge is 0.212 e. The summed E-state index contributed by atoms with van der Waals surface area (Å²) >= 11 is 0. The molecule has 0 amide bonds. The molecule has 0 saturated carbocycles. The fourth-order valence-electron chi connectivity index (χ4n) is 6.54. The summed E-state index contributed by atoms with van der Waals surface area (Å²) in [5.41, 5.74) is 7.70. The molecule has 9 aromatic rings. The highest BCUT2D eigenvalue weighted by Gasteiger charge is 2.17. The third-order valence-electron chi connectivity index (χ3n) is 9.05. The van der Waals surface area contributed by atoms with Gasteiger partial charge in [0, 0.05) is 16.5 Å². The smallest absolute Gasteiger partial charge is 0.182 e. The lowest BCUT2D eigenvalue weighted by molar-refractivity contribution is 0.898. The fourth-order valence-corrected chi connectivity index (χ4v) is 6.54. The Morgan fingerprint density at radius 2 is 0.809 bits per heavy atom. The second-order valence-corrected chi connectivity index (χ2v) is 11.9. The lowest BCUT2D eigenvalue weighted by Crippen LogP contribution is -2.00. The normalized spacial score (nSPS) is 11.4. The average Bonchev–Trinajstić information content (AvgIpc) is 3.60. The molecule has 0 bridgehead atoms. The highest BCUT2D eigenvalue weighted by Crippen LogP contribution is 2.33. The third-order valence-corrected chi connectivity index (χ3v) is 9.05. The molecular formula is C44H29N3. The van der Waals surface area contributed by atoms with Gasteiger partial charge in [-0.1, -0.05) is 158 Å². The van der Waals surface area contributed by atoms with Gasteiger partial charge in [0.05, 0.1) is 5.69 Å². The highest BCUT2D eigenvalue weighted by atomic mass is 15.4. The number of rotatable bonds is 5. The maximum absolute atomic E-state index is 5.17. The van der Waals surface area contributed by atoms with Crippen LogP contribution in [-0.4, -0.2) is 14.8 Å². The van der Waals surface area contributed by atoms with Gasteiger partial charge in [-0.25, -0.2) is 9.67 Å². The molecule has 47 heavy (non-hydrogen) atoms. The Morgan fingerprint density at radius 1 is 0.340 bits per heavy atom. The molecular weight excluding hydrogens is 571 g/mol. The zero-order valence-electron chi connectivity index (χ0n) is 25.6. The van der Waals surface area contributed by atoms with Crippen molar-refractivity contribution in [1.29, 1.82) is 0 Å². The van der Waals surface area contributed by atoms with Gasteiger partial charge in [0.1, 0.15) is 0 Å². The first-order valence-electron chi connectivity index (χ1n) is 15.9. The van der Waals surface area contributed by atoms with Gasteiger partial charge >= 0.3 is 0 Å². The Bertz CT molecular complexity index is 2550. The lowest BCUT2D eigenvalue weighted by atomic mass is 10.00. The third kappa shape index (κ3) is 4.95. The van der Waals surface area contributed by atoms with E-state index in [1.165, 1.54) is 43.6 Å². The van der Waals surface area contributed by atoms with Gasteiger partial charge in [0.25, 0.3) is 0 Å². The van der Waals surface area contributed by atoms with Crippen molar-refractivity contribution >= 4 is 32.3 Å². The van der Waals surface area contributed by atoms with Gasteiger partial charge in [0.15, 0.2) is 11.6 Å². The van der Waals surface area contributed by atoms with Crippen molar-refractivity contribution in [3.63, 3.8) is 0 Å². The van der Waals surface area contributed by atoms with Crippen LogP contribution in [0.25, 0.3) is 83.0 Å². The molecule has 0 aliphatic carbocycles. The first-order chi connectivity index (χ1) is 23.3. The molecule has 3 nitrogen and oxygen atoms in total. The van der Waals surface area contributed by atoms with E-state index in [2.05, 4.69) is 176 Å². The van der Waals surface area contributed by atoms with Crippen molar-refractivity contribution in [2.24, 2.45) is 0 Å². The highest BCUT2D eigenvalue weighted by molar-refractivity contribution is 5.91. The second kappa shape index (κ2) is 11.2. The standard InChI is InChI=1S/C44H29N3/c1-3-11-37-28-39(26-20-30(37)8-1)32-16-22-35(23-17-32)43-45-44(47(46-43)42-15-7-13-34-10-5-6-14-41(34)42)36-24-18-33(19-25-36)40-27-21-31-9-2-4-12-38(31)29-40/h1-29H. The van der Waals surface area contributed by atoms with Gasteiger partial charge in [-0.15, -0.1) is 5.10 Å². The van der Waals surface area contributed by atoms with Crippen molar-refractivity contribution in [3.05, 3.63) is 176 Å². The Kier molecular flexibility index (Phi) is 6.46. The summed E-state index contributed by atoms with van der Waals surface area (Å²) in [6.45, 7) is 0. The molecule has 0 atom stereocenters. The predicted octanol–water partition coefficient (Wildman–Crippen LogP) is 11.4. The average molecular weight is 600 g/mol. The number of benzene rings is 8. The predicted molar refractivity (Wildman–Crippen MR) is 196 cm³/mol. The van der Waals surface area contributed by atoms with Gasteiger partial charge in [0.2, 0.25) is 0 Å². The van der Waals surface area contributed by atoms with Crippen molar-refractivity contribution in [1.82, 2.24) is 14.8 Å². The first-order valence-corrected chi connectivity index (χ1v) is 15.9. The number of aromatic nitrogens is 3. The number of hydrogen-bond donors (Lipinski definition) is 0. The van der Waals surface area contributed by atoms with E-state index in [-0.39, 0.29) is 0 Å². The molecule has 0 saturated heterocycles. The number of hydrogen-bond acceptors (Lipinski definition) is 2. The van der Waals surface area contributed by atoms with Gasteiger partial charge in [-0.05, 0) is 67.4 Å². The van der Waals surface area contributed by atoms with E-state index < -0.39 is 0 Å². The van der Waals surface area contributed by atoms with Crippen LogP contribution < -0.4 is 0 Å². The molecule has 1 aromatic heterocycles. The summed E-state index contributed by atoms with van der Waals surface area (Å²) in [6, 6.07) is 62.2. The maximum Gasteiger partial charge on any atom is 0.182 e. The van der Waals surface area contributed by atoms with Crippen LogP contribution >= 0.6 is 0 Å². The zero-order valence-corrected chi connectivity index (χ0v) is 25.6. The van der Waals surface area contributed by atoms with E-state index in [9.17, 15) is 0 Å². The van der Waals surface area contributed by atoms with Crippen LogP contribution in [0.1, 0.15) is 0 Å². The van der Waals surface area contributed by atoms with Crippen molar-refractivity contribution in [3.8, 4) is 50.7 Å². The van der Waals surface area contributed by atoms with Crippen LogP contribution in [-0.2, 0) is 0 Å². The van der Waals surface area contributed by atoms with Crippen molar-refractivity contribution < 1.29 is 0 Å². The molecule has 0 fully saturated rings. The van der Waals surface area contributed by atoms with E-state index in [4.69, 9.17) is 10.1 Å². The summed E-state index contributed by atoms with van der Waals surface area (Å²) in [4.78, 5) is 5.17. The second-order valence-electron chi connectivity index (χ2n) is 11.9. The molecule has 1 heterocycles. The Balaban J connectivity index is 1.13. The molecule has 0 spiro atoms. The Hall–Kier alpha value is -6.32. The first kappa shape index (κ1) is 27.0. The van der Waals surface area contributed by atoms with E-state index >= 15 is 0 Å². The van der Waals surface area contributed by atoms with Crippen LogP contribution in [0.2, 0.25) is 0 Å². The minimum absolute atomic E-state index is 0.691. The topological polar surface area (TPSA) is 30.7 Å². The van der Waals surface area contributed by atoms with Gasteiger partial charge in [-0.3, -0.25) is 0 Å². The summed E-state index contributed by atoms with van der Waals surface area (Å²) in [5, 5.41) is 12.4. The summed E-state index contributed by atoms with van der Waals surface area (Å²) in [5.74, 6) is 1.50. The summed E-state index contributed by atoms with van der Waals surface area (Å²) in [6.07, 6.45) is 0. The van der Waals surface area contributed by atoms with E-state index in [1.807, 2.05) is 4.68 Å². The molecule has 220 valence electrons. The van der Waals surface area contributed by atoms with Crippen molar-refractivity contribution in [2.45, 2.75) is 0 Å². The Labute approximate surface area is 273 Å². The fraction of sp³-hybridized carbons (Fsp3) is 0. The van der Waals surface area contributed by atoms with Crippen LogP contribution in [0.5, 0.6) is 0 Å². The van der Waals surface area contributed by atoms with Gasteiger partial charge < -0.3 is 0 Å². The molecule has 0 radical (unpaired) electrons. The SMILES string of the molecule is c1ccc2cc(-c3ccc(-c4nc(-c5ccc(-c6ccc7ccccc7c6)cc5)n(-c5cccc6ccccc56)n4)cc3)ccc2c1. The molecule has 0 aliphatic heterocycles. The van der Waals surface area contributed by atoms with Gasteiger partial charge in [-0.2, -0.15) is 0 Å². The van der Waals surface area contributed by atoms with E-state index in [1.54, 1.807) is 0 Å². The summed E-state index contributed by atoms with van der Waals surface area (Å²) in [7, 11) is 0. The molecule has 0 aliphatic rings. The monoisotopic (exact) mass is 599 g/mol. The molecule has 9 rings (SSSR count). The Morgan fingerprint density at radius 3 is 1.43 bits per heavy atom. The molecule has 3 heteroatoms. The van der Waals surface area contributed by atoms with Crippen LogP contribution in [0.15, 0.2) is 176 Å². The maximum atomic E-state index is 5.17. The molecule has 8 aromatic carbocycles. The molecule has 0 N–H and O–H groups in total. The quantitative estimate of drug-likeness (QED) is 0.197. The van der Waals surface area contributed by atoms with E-state index in [0.717, 1.165) is 33.6 Å². The van der Waals surface area contributed by atoms with Crippen LogP contribution in [0.4, 0.5) is 0 Å². The van der Waals surface area contributed by atoms with Crippen LogP contribution in [0, 0.1) is 0 Å².